The van der Waals surface area contributed by atoms with Crippen molar-refractivity contribution in [3.05, 3.63) is 30.5 Å². The molecular formula is C20H25N3O3S. The zero-order valence-electron chi connectivity index (χ0n) is 15.7. The molecule has 1 fully saturated rings. The molecule has 1 aromatic carbocycles. The Hall–Kier alpha value is -2.15. The second-order valence-corrected chi connectivity index (χ2v) is 7.99. The summed E-state index contributed by atoms with van der Waals surface area (Å²) in [6.07, 6.45) is 5.31. The standard InChI is InChI=1S/C20H25N3O3S/c1-13-7-3-4-8-15(13)23-20(25)14(2)26-19(24)12-27-18-11-21-16-9-5-6-10-17(16)22-18/h5-6,9-11,13-15H,3-4,7-8,12H2,1-2H3,(H,23,25)/t13-,14+,15+/m1/s1. The van der Waals surface area contributed by atoms with Crippen molar-refractivity contribution >= 4 is 34.7 Å². The second kappa shape index (κ2) is 9.17. The first-order chi connectivity index (χ1) is 13.0. The van der Waals surface area contributed by atoms with Gasteiger partial charge in [0.15, 0.2) is 6.10 Å². The van der Waals surface area contributed by atoms with Crippen LogP contribution in [0.25, 0.3) is 11.0 Å². The Labute approximate surface area is 163 Å². The molecular weight excluding hydrogens is 362 g/mol. The van der Waals surface area contributed by atoms with E-state index in [2.05, 4.69) is 22.2 Å². The first kappa shape index (κ1) is 19.6. The van der Waals surface area contributed by atoms with Crippen LogP contribution in [0.2, 0.25) is 0 Å². The maximum absolute atomic E-state index is 12.3. The molecule has 1 aromatic heterocycles. The minimum atomic E-state index is -0.796. The molecule has 2 aromatic rings. The van der Waals surface area contributed by atoms with E-state index in [1.54, 1.807) is 13.1 Å². The lowest BCUT2D eigenvalue weighted by atomic mass is 9.86. The Morgan fingerprint density at radius 3 is 2.78 bits per heavy atom. The third-order valence-electron chi connectivity index (χ3n) is 4.88. The van der Waals surface area contributed by atoms with Crippen molar-refractivity contribution in [2.45, 2.75) is 56.7 Å². The van der Waals surface area contributed by atoms with Gasteiger partial charge in [0.05, 0.1) is 23.0 Å². The van der Waals surface area contributed by atoms with Gasteiger partial charge in [0.25, 0.3) is 5.91 Å². The van der Waals surface area contributed by atoms with Gasteiger partial charge in [0.2, 0.25) is 0 Å². The lowest BCUT2D eigenvalue weighted by Gasteiger charge is -2.30. The maximum Gasteiger partial charge on any atom is 0.317 e. The Bertz CT molecular complexity index is 814. The van der Waals surface area contributed by atoms with E-state index in [1.165, 1.54) is 18.2 Å². The van der Waals surface area contributed by atoms with E-state index in [-0.39, 0.29) is 17.7 Å². The van der Waals surface area contributed by atoms with Crippen LogP contribution in [0.1, 0.15) is 39.5 Å². The number of benzene rings is 1. The van der Waals surface area contributed by atoms with Gasteiger partial charge in [-0.3, -0.25) is 14.6 Å². The largest absolute Gasteiger partial charge is 0.452 e. The molecule has 0 saturated heterocycles. The lowest BCUT2D eigenvalue weighted by molar-refractivity contribution is -0.152. The van der Waals surface area contributed by atoms with Gasteiger partial charge in [-0.15, -0.1) is 0 Å². The number of carbonyl (C=O) groups excluding carboxylic acids is 2. The number of fused-ring (bicyclic) bond motifs is 1. The Kier molecular flexibility index (Phi) is 6.66. The van der Waals surface area contributed by atoms with Crippen molar-refractivity contribution in [3.63, 3.8) is 0 Å². The van der Waals surface area contributed by atoms with E-state index in [9.17, 15) is 9.59 Å². The number of rotatable bonds is 6. The van der Waals surface area contributed by atoms with Crippen LogP contribution in [0.5, 0.6) is 0 Å². The van der Waals surface area contributed by atoms with Crippen LogP contribution in [0.4, 0.5) is 0 Å². The van der Waals surface area contributed by atoms with Gasteiger partial charge >= 0.3 is 5.97 Å². The van der Waals surface area contributed by atoms with Gasteiger partial charge in [-0.05, 0) is 37.8 Å². The number of aromatic nitrogens is 2. The summed E-state index contributed by atoms with van der Waals surface area (Å²) in [5, 5.41) is 3.67. The van der Waals surface area contributed by atoms with E-state index >= 15 is 0 Å². The van der Waals surface area contributed by atoms with Crippen molar-refractivity contribution in [2.75, 3.05) is 5.75 Å². The molecule has 1 saturated carbocycles. The molecule has 1 N–H and O–H groups in total. The highest BCUT2D eigenvalue weighted by molar-refractivity contribution is 7.99. The normalized spacial score (nSPS) is 20.8. The Balaban J connectivity index is 1.46. The summed E-state index contributed by atoms with van der Waals surface area (Å²) in [6, 6.07) is 7.74. The number of nitrogens with one attached hydrogen (secondary N) is 1. The monoisotopic (exact) mass is 387 g/mol. The average Bonchev–Trinajstić information content (AvgIpc) is 2.68. The number of carbonyl (C=O) groups is 2. The molecule has 1 aliphatic carbocycles. The fourth-order valence-electron chi connectivity index (χ4n) is 3.26. The molecule has 0 aliphatic heterocycles. The molecule has 27 heavy (non-hydrogen) atoms. The van der Waals surface area contributed by atoms with Crippen molar-refractivity contribution in [3.8, 4) is 0 Å². The number of hydrogen-bond donors (Lipinski definition) is 1. The summed E-state index contributed by atoms with van der Waals surface area (Å²) in [7, 11) is 0. The summed E-state index contributed by atoms with van der Waals surface area (Å²) in [5.74, 6) is -0.107. The van der Waals surface area contributed by atoms with Crippen molar-refractivity contribution in [1.82, 2.24) is 15.3 Å². The minimum Gasteiger partial charge on any atom is -0.452 e. The van der Waals surface area contributed by atoms with E-state index in [1.807, 2.05) is 24.3 Å². The molecule has 6 nitrogen and oxygen atoms in total. The van der Waals surface area contributed by atoms with Crippen molar-refractivity contribution < 1.29 is 14.3 Å². The van der Waals surface area contributed by atoms with Crippen LogP contribution >= 0.6 is 11.8 Å². The van der Waals surface area contributed by atoms with Crippen LogP contribution in [-0.2, 0) is 14.3 Å². The topological polar surface area (TPSA) is 81.2 Å². The molecule has 3 atom stereocenters. The number of thioether (sulfide) groups is 1. The highest BCUT2D eigenvalue weighted by atomic mass is 32.2. The quantitative estimate of drug-likeness (QED) is 0.605. The van der Waals surface area contributed by atoms with Crippen LogP contribution in [0, 0.1) is 5.92 Å². The number of amides is 1. The second-order valence-electron chi connectivity index (χ2n) is 6.99. The predicted molar refractivity (Wildman–Crippen MR) is 105 cm³/mol. The number of esters is 1. The van der Waals surface area contributed by atoms with E-state index in [0.717, 1.165) is 30.3 Å². The van der Waals surface area contributed by atoms with Gasteiger partial charge in [0, 0.05) is 6.04 Å². The molecule has 3 rings (SSSR count). The fourth-order valence-corrected chi connectivity index (χ4v) is 3.88. The van der Waals surface area contributed by atoms with Crippen molar-refractivity contribution in [1.29, 1.82) is 0 Å². The smallest absolute Gasteiger partial charge is 0.317 e. The molecule has 1 amide bonds. The SMILES string of the molecule is C[C@H](OC(=O)CSc1cnc2ccccc2n1)C(=O)N[C@H]1CCCC[C@H]1C. The van der Waals surface area contributed by atoms with E-state index in [4.69, 9.17) is 4.74 Å². The first-order valence-electron chi connectivity index (χ1n) is 9.37. The number of nitrogens with zero attached hydrogens (tertiary/aromatic N) is 2. The summed E-state index contributed by atoms with van der Waals surface area (Å²) in [6.45, 7) is 3.77. The fraction of sp³-hybridized carbons (Fsp3) is 0.500. The van der Waals surface area contributed by atoms with Crippen LogP contribution in [0.15, 0.2) is 35.5 Å². The predicted octanol–water partition coefficient (Wildman–Crippen LogP) is 3.35. The molecule has 1 aliphatic rings. The number of hydrogen-bond acceptors (Lipinski definition) is 6. The molecule has 0 unspecified atom stereocenters. The van der Waals surface area contributed by atoms with Crippen LogP contribution in [-0.4, -0.2) is 39.7 Å². The number of ether oxygens (including phenoxy) is 1. The molecule has 0 bridgehead atoms. The zero-order chi connectivity index (χ0) is 19.2. The van der Waals surface area contributed by atoms with Crippen LogP contribution in [0.3, 0.4) is 0 Å². The third-order valence-corrected chi connectivity index (χ3v) is 5.75. The molecule has 0 spiro atoms. The van der Waals surface area contributed by atoms with Gasteiger partial charge in [0.1, 0.15) is 5.03 Å². The van der Waals surface area contributed by atoms with E-state index in [0.29, 0.717) is 10.9 Å². The lowest BCUT2D eigenvalue weighted by Crippen LogP contribution is -2.46. The van der Waals surface area contributed by atoms with Gasteiger partial charge < -0.3 is 10.1 Å². The Morgan fingerprint density at radius 1 is 1.26 bits per heavy atom. The minimum absolute atomic E-state index is 0.0878. The van der Waals surface area contributed by atoms with Gasteiger partial charge in [-0.25, -0.2) is 4.98 Å². The van der Waals surface area contributed by atoms with Gasteiger partial charge in [-0.2, -0.15) is 0 Å². The summed E-state index contributed by atoms with van der Waals surface area (Å²) in [4.78, 5) is 33.2. The third kappa shape index (κ3) is 5.42. The maximum atomic E-state index is 12.3. The highest BCUT2D eigenvalue weighted by Crippen LogP contribution is 2.24. The molecule has 1 heterocycles. The Morgan fingerprint density at radius 2 is 2.00 bits per heavy atom. The zero-order valence-corrected chi connectivity index (χ0v) is 16.5. The molecule has 0 radical (unpaired) electrons. The van der Waals surface area contributed by atoms with E-state index < -0.39 is 12.1 Å². The van der Waals surface area contributed by atoms with Crippen LogP contribution < -0.4 is 5.32 Å². The van der Waals surface area contributed by atoms with Crippen molar-refractivity contribution in [2.24, 2.45) is 5.92 Å². The summed E-state index contributed by atoms with van der Waals surface area (Å²) < 4.78 is 5.28. The first-order valence-corrected chi connectivity index (χ1v) is 10.4. The van der Waals surface area contributed by atoms with Gasteiger partial charge in [-0.1, -0.05) is 43.7 Å². The summed E-state index contributed by atoms with van der Waals surface area (Å²) >= 11 is 1.25. The average molecular weight is 388 g/mol. The molecule has 7 heteroatoms. The highest BCUT2D eigenvalue weighted by Gasteiger charge is 2.26. The summed E-state index contributed by atoms with van der Waals surface area (Å²) in [5.41, 5.74) is 1.59. The number of para-hydroxylation sites is 2. The molecule has 144 valence electrons.